The van der Waals surface area contributed by atoms with Gasteiger partial charge in [-0.25, -0.2) is 4.31 Å². The number of hydrogen-bond acceptors (Lipinski definition) is 9. The van der Waals surface area contributed by atoms with Crippen LogP contribution in [0.4, 0.5) is 0 Å². The van der Waals surface area contributed by atoms with Crippen LogP contribution in [-0.2, 0) is 19.0 Å². The summed E-state index contributed by atoms with van der Waals surface area (Å²) in [6.45, 7) is 16.6. The largest absolute Gasteiger partial charge is 0.378 e. The van der Waals surface area contributed by atoms with Gasteiger partial charge in [-0.1, -0.05) is 17.3 Å². The maximum atomic E-state index is 10.7. The van der Waals surface area contributed by atoms with Crippen LogP contribution in [0.3, 0.4) is 0 Å². The quantitative estimate of drug-likeness (QED) is 0.281. The Balaban J connectivity index is 1.26. The van der Waals surface area contributed by atoms with Crippen LogP contribution in [0, 0.1) is 20.8 Å². The molecule has 0 radical (unpaired) electrons. The molecule has 1 amide bonds. The maximum Gasteiger partial charge on any atom is 0.216 e. The second-order valence-electron chi connectivity index (χ2n) is 8.86. The Bertz CT molecular complexity index is 927. The van der Waals surface area contributed by atoms with Crippen LogP contribution in [0.15, 0.2) is 27.6 Å². The van der Waals surface area contributed by atoms with Gasteiger partial charge in [0.2, 0.25) is 5.91 Å². The summed E-state index contributed by atoms with van der Waals surface area (Å²) >= 11 is 1.84. The summed E-state index contributed by atoms with van der Waals surface area (Å²) < 4.78 is 24.4. The Kier molecular flexibility index (Phi) is 12.2. The Morgan fingerprint density at radius 2 is 1.67 bits per heavy atom. The van der Waals surface area contributed by atoms with Crippen molar-refractivity contribution in [1.29, 1.82) is 0 Å². The molecule has 0 atom stereocenters. The Labute approximate surface area is 218 Å². The molecular formula is C26H40N4O5S. The summed E-state index contributed by atoms with van der Waals surface area (Å²) in [5, 5.41) is 6.79. The first-order chi connectivity index (χ1) is 17.4. The normalized spacial score (nSPS) is 14.9. The number of hydrogen-bond donors (Lipinski definition) is 1. The third kappa shape index (κ3) is 9.49. The number of piperazine rings is 1. The summed E-state index contributed by atoms with van der Waals surface area (Å²) in [5.74, 6) is 0.817. The topological polar surface area (TPSA) is 89.3 Å². The second kappa shape index (κ2) is 15.3. The monoisotopic (exact) mass is 520 g/mol. The van der Waals surface area contributed by atoms with Gasteiger partial charge < -0.3 is 24.1 Å². The molecule has 2 heterocycles. The molecule has 0 spiro atoms. The molecule has 1 saturated heterocycles. The first kappa shape index (κ1) is 28.6. The Morgan fingerprint density at radius 1 is 1.00 bits per heavy atom. The molecule has 10 heteroatoms. The third-order valence-corrected chi connectivity index (χ3v) is 7.24. The predicted molar refractivity (Wildman–Crippen MR) is 141 cm³/mol. The van der Waals surface area contributed by atoms with Crippen LogP contribution in [0.2, 0.25) is 0 Å². The highest BCUT2D eigenvalue weighted by Gasteiger charge is 2.19. The predicted octanol–water partition coefficient (Wildman–Crippen LogP) is 3.08. The van der Waals surface area contributed by atoms with Gasteiger partial charge in [-0.2, -0.15) is 0 Å². The van der Waals surface area contributed by atoms with Gasteiger partial charge in [0.1, 0.15) is 5.76 Å². The minimum atomic E-state index is -0.0429. The SMILES string of the molecule is CC(=O)NCCOCCOCCOCCN1CCN(Sc2cc(-c3c(C)noc3C)ccc2C)CC1. The molecule has 0 unspecified atom stereocenters. The number of carbonyl (C=O) groups is 1. The Hall–Kier alpha value is -1.95. The van der Waals surface area contributed by atoms with Crippen molar-refractivity contribution >= 4 is 17.9 Å². The lowest BCUT2D eigenvalue weighted by Gasteiger charge is -2.34. The van der Waals surface area contributed by atoms with Gasteiger partial charge in [0.05, 0.1) is 45.3 Å². The molecule has 36 heavy (non-hydrogen) atoms. The highest BCUT2D eigenvalue weighted by Crippen LogP contribution is 2.33. The molecule has 9 nitrogen and oxygen atoms in total. The number of benzene rings is 1. The molecule has 1 aliphatic heterocycles. The smallest absolute Gasteiger partial charge is 0.216 e. The van der Waals surface area contributed by atoms with E-state index >= 15 is 0 Å². The zero-order valence-corrected chi connectivity index (χ0v) is 22.8. The van der Waals surface area contributed by atoms with Gasteiger partial charge in [0.15, 0.2) is 0 Å². The molecule has 2 aromatic rings. The first-order valence-electron chi connectivity index (χ1n) is 12.6. The second-order valence-corrected chi connectivity index (χ2v) is 10.0. The van der Waals surface area contributed by atoms with Crippen molar-refractivity contribution in [3.63, 3.8) is 0 Å². The van der Waals surface area contributed by atoms with Crippen molar-refractivity contribution in [2.45, 2.75) is 32.6 Å². The van der Waals surface area contributed by atoms with Crippen molar-refractivity contribution in [1.82, 2.24) is 19.7 Å². The lowest BCUT2D eigenvalue weighted by Crippen LogP contribution is -2.44. The molecule has 0 saturated carbocycles. The van der Waals surface area contributed by atoms with E-state index in [-0.39, 0.29) is 5.91 Å². The molecule has 1 aromatic carbocycles. The number of amides is 1. The summed E-state index contributed by atoms with van der Waals surface area (Å²) in [4.78, 5) is 14.5. The third-order valence-electron chi connectivity index (χ3n) is 5.99. The van der Waals surface area contributed by atoms with Crippen LogP contribution in [0.5, 0.6) is 0 Å². The van der Waals surface area contributed by atoms with Gasteiger partial charge >= 0.3 is 0 Å². The molecule has 200 valence electrons. The fraction of sp³-hybridized carbons (Fsp3) is 0.615. The highest BCUT2D eigenvalue weighted by atomic mass is 32.2. The number of ether oxygens (including phenoxy) is 3. The molecule has 1 aliphatic rings. The van der Waals surface area contributed by atoms with E-state index in [2.05, 4.69) is 44.8 Å². The highest BCUT2D eigenvalue weighted by molar-refractivity contribution is 7.97. The van der Waals surface area contributed by atoms with E-state index in [9.17, 15) is 4.79 Å². The molecule has 1 N–H and O–H groups in total. The van der Waals surface area contributed by atoms with Gasteiger partial charge in [0.25, 0.3) is 0 Å². The first-order valence-corrected chi connectivity index (χ1v) is 13.4. The lowest BCUT2D eigenvalue weighted by atomic mass is 10.0. The maximum absolute atomic E-state index is 10.7. The number of rotatable bonds is 15. The fourth-order valence-corrected chi connectivity index (χ4v) is 4.98. The summed E-state index contributed by atoms with van der Waals surface area (Å²) in [6.07, 6.45) is 0. The van der Waals surface area contributed by atoms with Crippen LogP contribution < -0.4 is 5.32 Å². The Morgan fingerprint density at radius 3 is 2.31 bits per heavy atom. The number of aromatic nitrogens is 1. The van der Waals surface area contributed by atoms with E-state index in [0.29, 0.717) is 46.2 Å². The van der Waals surface area contributed by atoms with E-state index in [1.807, 2.05) is 25.8 Å². The van der Waals surface area contributed by atoms with Crippen molar-refractivity contribution in [3.05, 3.63) is 35.2 Å². The number of nitrogens with one attached hydrogen (secondary N) is 1. The van der Waals surface area contributed by atoms with E-state index in [1.54, 1.807) is 0 Å². The summed E-state index contributed by atoms with van der Waals surface area (Å²) in [5.41, 5.74) is 4.47. The minimum absolute atomic E-state index is 0.0429. The minimum Gasteiger partial charge on any atom is -0.378 e. The van der Waals surface area contributed by atoms with E-state index in [1.165, 1.54) is 17.4 Å². The lowest BCUT2D eigenvalue weighted by molar-refractivity contribution is -0.119. The van der Waals surface area contributed by atoms with E-state index < -0.39 is 0 Å². The van der Waals surface area contributed by atoms with Gasteiger partial charge in [0, 0.05) is 56.7 Å². The summed E-state index contributed by atoms with van der Waals surface area (Å²) in [7, 11) is 0. The standard InChI is InChI=1S/C26H40N4O5S/c1-20-5-6-24(26-21(2)28-35-22(26)3)19-25(20)36-30-10-8-29(9-11-30)12-14-33-16-18-34-17-15-32-13-7-27-23(4)31/h5-6,19H,7-18H2,1-4H3,(H,27,31). The average Bonchev–Trinajstić information content (AvgIpc) is 3.19. The number of nitrogens with zero attached hydrogens (tertiary/aromatic N) is 3. The van der Waals surface area contributed by atoms with Gasteiger partial charge in [-0.05, 0) is 49.9 Å². The van der Waals surface area contributed by atoms with Crippen LogP contribution in [0.25, 0.3) is 11.1 Å². The summed E-state index contributed by atoms with van der Waals surface area (Å²) in [6, 6.07) is 6.59. The average molecular weight is 521 g/mol. The van der Waals surface area contributed by atoms with Crippen LogP contribution in [-0.4, -0.2) is 99.2 Å². The van der Waals surface area contributed by atoms with Crippen molar-refractivity contribution in [2.75, 3.05) is 78.9 Å². The van der Waals surface area contributed by atoms with Crippen molar-refractivity contribution < 1.29 is 23.5 Å². The van der Waals surface area contributed by atoms with Crippen molar-refractivity contribution in [2.24, 2.45) is 0 Å². The van der Waals surface area contributed by atoms with Gasteiger partial charge in [-0.15, -0.1) is 0 Å². The molecule has 1 aromatic heterocycles. The molecular weight excluding hydrogens is 480 g/mol. The van der Waals surface area contributed by atoms with E-state index in [4.69, 9.17) is 18.7 Å². The fourth-order valence-electron chi connectivity index (χ4n) is 3.97. The van der Waals surface area contributed by atoms with Crippen LogP contribution >= 0.6 is 11.9 Å². The van der Waals surface area contributed by atoms with Gasteiger partial charge in [-0.3, -0.25) is 9.69 Å². The van der Waals surface area contributed by atoms with Crippen LogP contribution in [0.1, 0.15) is 23.9 Å². The molecule has 0 bridgehead atoms. The van der Waals surface area contributed by atoms with E-state index in [0.717, 1.165) is 55.3 Å². The zero-order chi connectivity index (χ0) is 25.8. The molecule has 0 aliphatic carbocycles. The number of carbonyl (C=O) groups excluding carboxylic acids is 1. The molecule has 1 fully saturated rings. The number of aryl methyl sites for hydroxylation is 3. The molecule has 3 rings (SSSR count). The van der Waals surface area contributed by atoms with Crippen molar-refractivity contribution in [3.8, 4) is 11.1 Å². The zero-order valence-electron chi connectivity index (χ0n) is 22.0.